The van der Waals surface area contributed by atoms with E-state index in [4.69, 9.17) is 4.74 Å². The van der Waals surface area contributed by atoms with Crippen molar-refractivity contribution in [3.05, 3.63) is 0 Å². The van der Waals surface area contributed by atoms with Crippen molar-refractivity contribution in [2.45, 2.75) is 45.3 Å². The predicted molar refractivity (Wildman–Crippen MR) is 62.3 cm³/mol. The van der Waals surface area contributed by atoms with Crippen LogP contribution in [0.1, 0.15) is 33.1 Å². The lowest BCUT2D eigenvalue weighted by Crippen LogP contribution is -2.39. The van der Waals surface area contributed by atoms with E-state index < -0.39 is 0 Å². The molecule has 0 bridgehead atoms. The molecule has 2 fully saturated rings. The van der Waals surface area contributed by atoms with Gasteiger partial charge in [-0.05, 0) is 52.1 Å². The molecule has 2 heterocycles. The number of carbonyl (C=O) groups excluding carboxylic acids is 1. The van der Waals surface area contributed by atoms with E-state index in [1.165, 1.54) is 25.9 Å². The Labute approximate surface area is 97.3 Å². The van der Waals surface area contributed by atoms with Crippen LogP contribution in [-0.4, -0.2) is 42.8 Å². The summed E-state index contributed by atoms with van der Waals surface area (Å²) in [6.45, 7) is 7.59. The van der Waals surface area contributed by atoms with Gasteiger partial charge in [-0.15, -0.1) is 0 Å². The molecule has 1 atom stereocenters. The molecule has 0 spiro atoms. The van der Waals surface area contributed by atoms with Crippen molar-refractivity contribution >= 4 is 6.09 Å². The number of cyclic esters (lactones) is 1. The molecule has 4 heteroatoms. The smallest absolute Gasteiger partial charge is 0.407 e. The Morgan fingerprint density at radius 3 is 2.62 bits per heavy atom. The predicted octanol–water partition coefficient (Wildman–Crippen LogP) is 1.61. The SMILES string of the molecule is CC(C)N1CCC(CC2CNC(=O)O2)CC1. The number of alkyl carbamates (subject to hydrolysis) is 1. The number of amides is 1. The average molecular weight is 226 g/mol. The van der Waals surface area contributed by atoms with Gasteiger partial charge in [-0.2, -0.15) is 0 Å². The topological polar surface area (TPSA) is 41.6 Å². The van der Waals surface area contributed by atoms with Crippen molar-refractivity contribution in [2.75, 3.05) is 19.6 Å². The summed E-state index contributed by atoms with van der Waals surface area (Å²) in [5, 5.41) is 2.71. The lowest BCUT2D eigenvalue weighted by atomic mass is 9.90. The number of rotatable bonds is 3. The zero-order valence-corrected chi connectivity index (χ0v) is 10.2. The summed E-state index contributed by atoms with van der Waals surface area (Å²) in [5.41, 5.74) is 0. The fourth-order valence-electron chi connectivity index (χ4n) is 2.64. The zero-order valence-electron chi connectivity index (χ0n) is 10.2. The summed E-state index contributed by atoms with van der Waals surface area (Å²) in [5.74, 6) is 0.729. The molecule has 0 aromatic heterocycles. The second-order valence-corrected chi connectivity index (χ2v) is 5.22. The van der Waals surface area contributed by atoms with Gasteiger partial charge in [-0.1, -0.05) is 0 Å². The van der Waals surface area contributed by atoms with Crippen LogP contribution in [0.3, 0.4) is 0 Å². The molecule has 1 unspecified atom stereocenters. The Morgan fingerprint density at radius 1 is 1.44 bits per heavy atom. The summed E-state index contributed by atoms with van der Waals surface area (Å²) in [6.07, 6.45) is 3.39. The van der Waals surface area contributed by atoms with E-state index in [1.807, 2.05) is 0 Å². The van der Waals surface area contributed by atoms with E-state index in [2.05, 4.69) is 24.1 Å². The van der Waals surface area contributed by atoms with Crippen LogP contribution in [0, 0.1) is 5.92 Å². The van der Waals surface area contributed by atoms with Crippen molar-refractivity contribution in [1.82, 2.24) is 10.2 Å². The third-order valence-electron chi connectivity index (χ3n) is 3.72. The minimum Gasteiger partial charge on any atom is -0.444 e. The minimum atomic E-state index is -0.246. The Balaban J connectivity index is 1.71. The van der Waals surface area contributed by atoms with Gasteiger partial charge in [0.2, 0.25) is 0 Å². The highest BCUT2D eigenvalue weighted by Gasteiger charge is 2.28. The molecular weight excluding hydrogens is 204 g/mol. The molecule has 16 heavy (non-hydrogen) atoms. The van der Waals surface area contributed by atoms with E-state index in [0.717, 1.165) is 12.3 Å². The van der Waals surface area contributed by atoms with Gasteiger partial charge in [0.15, 0.2) is 0 Å². The van der Waals surface area contributed by atoms with E-state index in [9.17, 15) is 4.79 Å². The van der Waals surface area contributed by atoms with Gasteiger partial charge >= 0.3 is 6.09 Å². The maximum Gasteiger partial charge on any atom is 0.407 e. The number of piperidine rings is 1. The van der Waals surface area contributed by atoms with Crippen LogP contribution in [0.4, 0.5) is 4.79 Å². The summed E-state index contributed by atoms with van der Waals surface area (Å²) < 4.78 is 5.17. The summed E-state index contributed by atoms with van der Waals surface area (Å²) >= 11 is 0. The Morgan fingerprint density at radius 2 is 2.12 bits per heavy atom. The molecule has 0 radical (unpaired) electrons. The second-order valence-electron chi connectivity index (χ2n) is 5.22. The van der Waals surface area contributed by atoms with E-state index in [0.29, 0.717) is 12.6 Å². The molecule has 92 valence electrons. The molecule has 4 nitrogen and oxygen atoms in total. The summed E-state index contributed by atoms with van der Waals surface area (Å²) in [7, 11) is 0. The van der Waals surface area contributed by atoms with Gasteiger partial charge in [0.1, 0.15) is 6.10 Å². The number of nitrogens with zero attached hydrogens (tertiary/aromatic N) is 1. The third-order valence-corrected chi connectivity index (χ3v) is 3.72. The second kappa shape index (κ2) is 5.04. The number of ether oxygens (including phenoxy) is 1. The Bertz CT molecular complexity index is 247. The van der Waals surface area contributed by atoms with Crippen molar-refractivity contribution in [1.29, 1.82) is 0 Å². The lowest BCUT2D eigenvalue weighted by molar-refractivity contribution is 0.0970. The first-order valence-electron chi connectivity index (χ1n) is 6.33. The molecule has 1 N–H and O–H groups in total. The van der Waals surface area contributed by atoms with Crippen LogP contribution in [0.25, 0.3) is 0 Å². The highest BCUT2D eigenvalue weighted by molar-refractivity contribution is 5.69. The molecular formula is C12H22N2O2. The fourth-order valence-corrected chi connectivity index (χ4v) is 2.64. The molecule has 0 aliphatic carbocycles. The number of likely N-dealkylation sites (tertiary alicyclic amines) is 1. The van der Waals surface area contributed by atoms with Crippen molar-refractivity contribution < 1.29 is 9.53 Å². The molecule has 2 aliphatic rings. The van der Waals surface area contributed by atoms with Crippen LogP contribution in [0.5, 0.6) is 0 Å². The van der Waals surface area contributed by atoms with Crippen LogP contribution in [0.2, 0.25) is 0 Å². The normalized spacial score (nSPS) is 28.2. The maximum absolute atomic E-state index is 10.9. The zero-order chi connectivity index (χ0) is 11.5. The fraction of sp³-hybridized carbons (Fsp3) is 0.917. The highest BCUT2D eigenvalue weighted by Crippen LogP contribution is 2.24. The van der Waals surface area contributed by atoms with Crippen LogP contribution in [0.15, 0.2) is 0 Å². The maximum atomic E-state index is 10.9. The molecule has 2 rings (SSSR count). The first kappa shape index (κ1) is 11.7. The minimum absolute atomic E-state index is 0.114. The van der Waals surface area contributed by atoms with E-state index in [-0.39, 0.29) is 12.2 Å². The Hall–Kier alpha value is -0.770. The van der Waals surface area contributed by atoms with E-state index >= 15 is 0 Å². The molecule has 0 aromatic carbocycles. The van der Waals surface area contributed by atoms with Crippen LogP contribution >= 0.6 is 0 Å². The van der Waals surface area contributed by atoms with Crippen LogP contribution < -0.4 is 5.32 Å². The summed E-state index contributed by atoms with van der Waals surface area (Å²) in [6, 6.07) is 0.659. The van der Waals surface area contributed by atoms with Gasteiger partial charge in [0.05, 0.1) is 6.54 Å². The number of nitrogens with one attached hydrogen (secondary N) is 1. The standard InChI is InChI=1S/C12H22N2O2/c1-9(2)14-5-3-10(4-6-14)7-11-8-13-12(15)16-11/h9-11H,3-8H2,1-2H3,(H,13,15). The van der Waals surface area contributed by atoms with Crippen molar-refractivity contribution in [2.24, 2.45) is 5.92 Å². The monoisotopic (exact) mass is 226 g/mol. The first-order valence-corrected chi connectivity index (χ1v) is 6.33. The van der Waals surface area contributed by atoms with Crippen LogP contribution in [-0.2, 0) is 4.74 Å². The quantitative estimate of drug-likeness (QED) is 0.795. The molecule has 0 aromatic rings. The third kappa shape index (κ3) is 2.88. The summed E-state index contributed by atoms with van der Waals surface area (Å²) in [4.78, 5) is 13.4. The van der Waals surface area contributed by atoms with Gasteiger partial charge in [-0.3, -0.25) is 0 Å². The van der Waals surface area contributed by atoms with Gasteiger partial charge in [0, 0.05) is 6.04 Å². The average Bonchev–Trinajstić information content (AvgIpc) is 2.65. The number of carbonyl (C=O) groups is 1. The Kier molecular flexibility index (Phi) is 3.69. The largest absolute Gasteiger partial charge is 0.444 e. The molecule has 0 saturated carbocycles. The molecule has 2 aliphatic heterocycles. The highest BCUT2D eigenvalue weighted by atomic mass is 16.6. The molecule has 2 saturated heterocycles. The van der Waals surface area contributed by atoms with Crippen molar-refractivity contribution in [3.63, 3.8) is 0 Å². The van der Waals surface area contributed by atoms with E-state index in [1.54, 1.807) is 0 Å². The van der Waals surface area contributed by atoms with Crippen molar-refractivity contribution in [3.8, 4) is 0 Å². The lowest BCUT2D eigenvalue weighted by Gasteiger charge is -2.35. The number of hydrogen-bond donors (Lipinski definition) is 1. The number of hydrogen-bond acceptors (Lipinski definition) is 3. The first-order chi connectivity index (χ1) is 7.65. The van der Waals surface area contributed by atoms with Gasteiger partial charge in [0.25, 0.3) is 0 Å². The molecule has 1 amide bonds. The van der Waals surface area contributed by atoms with Gasteiger partial charge < -0.3 is 15.0 Å². The van der Waals surface area contributed by atoms with Gasteiger partial charge in [-0.25, -0.2) is 4.79 Å².